The second kappa shape index (κ2) is 23.9. The predicted molar refractivity (Wildman–Crippen MR) is 272 cm³/mol. The normalized spacial score (nSPS) is 12.6. The Morgan fingerprint density at radius 2 is 0.824 bits per heavy atom. The molecule has 0 aliphatic carbocycles. The number of benzene rings is 7. The molecule has 10 nitrogen and oxygen atoms in total. The van der Waals surface area contributed by atoms with Gasteiger partial charge in [0.15, 0.2) is 0 Å². The van der Waals surface area contributed by atoms with E-state index in [2.05, 4.69) is 107 Å². The first-order chi connectivity index (χ1) is 33.1. The number of nitrogens with two attached hydrogens (primary N) is 2. The third-order valence-corrected chi connectivity index (χ3v) is 13.9. The maximum Gasteiger partial charge on any atom is 0.336 e. The minimum absolute atomic E-state index is 0.0860. The van der Waals surface area contributed by atoms with E-state index in [-0.39, 0.29) is 23.2 Å². The van der Waals surface area contributed by atoms with Gasteiger partial charge in [0.25, 0.3) is 0 Å². The van der Waals surface area contributed by atoms with Crippen molar-refractivity contribution in [1.82, 2.24) is 0 Å². The summed E-state index contributed by atoms with van der Waals surface area (Å²) < 4.78 is 0. The third kappa shape index (κ3) is 12.4. The van der Waals surface area contributed by atoms with Crippen LogP contribution in [0.2, 0.25) is 0 Å². The van der Waals surface area contributed by atoms with Gasteiger partial charge in [0.1, 0.15) is 0 Å². The van der Waals surface area contributed by atoms with Gasteiger partial charge in [-0.1, -0.05) is 121 Å². The molecule has 2 heterocycles. The van der Waals surface area contributed by atoms with E-state index in [0.29, 0.717) is 11.1 Å². The van der Waals surface area contributed by atoms with Gasteiger partial charge in [-0.25, -0.2) is 9.59 Å². The summed E-state index contributed by atoms with van der Waals surface area (Å²) in [6.45, 7) is 1.84. The van der Waals surface area contributed by atoms with Crippen molar-refractivity contribution in [3.8, 4) is 12.1 Å². The lowest BCUT2D eigenvalue weighted by atomic mass is 10.0. The van der Waals surface area contributed by atoms with Crippen LogP contribution >= 0.6 is 23.5 Å². The van der Waals surface area contributed by atoms with Crippen LogP contribution in [0.25, 0.3) is 0 Å². The fourth-order valence-corrected chi connectivity index (χ4v) is 10.3. The lowest BCUT2D eigenvalue weighted by Crippen LogP contribution is -2.22. The van der Waals surface area contributed by atoms with Crippen molar-refractivity contribution in [2.24, 2.45) is 11.5 Å². The van der Waals surface area contributed by atoms with Crippen molar-refractivity contribution >= 4 is 58.2 Å². The largest absolute Gasteiger partial charge is 0.478 e. The Kier molecular flexibility index (Phi) is 17.1. The first kappa shape index (κ1) is 48.6. The summed E-state index contributed by atoms with van der Waals surface area (Å²) in [7, 11) is 0. The SMILES string of the molecule is N#Cc1ccc2c(c1)N(CCCCC(N)c1ccccc1)c1ccccc1S2.N#Cc1ccc2c(c1)N(CCCC[C@@H](N)c1ccccc1)c1ccccc1S2.O=C(O)c1ccccc1C(=O)O. The molecule has 2 aliphatic rings. The highest BCUT2D eigenvalue weighted by molar-refractivity contribution is 8.00. The zero-order valence-corrected chi connectivity index (χ0v) is 39.1. The molecular formula is C56H52N6O4S2. The first-order valence-electron chi connectivity index (χ1n) is 22.5. The number of para-hydroxylation sites is 2. The molecule has 0 bridgehead atoms. The number of carboxylic acids is 2. The molecular weight excluding hydrogens is 885 g/mol. The molecule has 12 heteroatoms. The number of carboxylic acid groups (broad SMARTS) is 2. The van der Waals surface area contributed by atoms with Gasteiger partial charge in [0.05, 0.1) is 57.1 Å². The lowest BCUT2D eigenvalue weighted by Gasteiger charge is -2.33. The van der Waals surface area contributed by atoms with Gasteiger partial charge in [0, 0.05) is 44.8 Å². The summed E-state index contributed by atoms with van der Waals surface area (Å²) in [5.41, 5.74) is 20.9. The molecule has 0 aromatic heterocycles. The van der Waals surface area contributed by atoms with E-state index in [9.17, 15) is 20.1 Å². The van der Waals surface area contributed by atoms with Crippen LogP contribution in [0.15, 0.2) is 189 Å². The summed E-state index contributed by atoms with van der Waals surface area (Å²) in [5, 5.41) is 35.7. The smallest absolute Gasteiger partial charge is 0.336 e. The number of nitrogens with zero attached hydrogens (tertiary/aromatic N) is 4. The van der Waals surface area contributed by atoms with Crippen LogP contribution in [0.3, 0.4) is 0 Å². The number of aromatic carboxylic acids is 2. The topological polar surface area (TPSA) is 181 Å². The molecule has 0 amide bonds. The lowest BCUT2D eigenvalue weighted by molar-refractivity contribution is 0.0651. The van der Waals surface area contributed by atoms with Gasteiger partial charge < -0.3 is 31.5 Å². The summed E-state index contributed by atoms with van der Waals surface area (Å²) >= 11 is 3.55. The van der Waals surface area contributed by atoms with Crippen LogP contribution in [0.5, 0.6) is 0 Å². The average molecular weight is 937 g/mol. The number of unbranched alkanes of at least 4 members (excludes halogenated alkanes) is 2. The Morgan fingerprint density at radius 1 is 0.471 bits per heavy atom. The van der Waals surface area contributed by atoms with E-state index in [1.807, 2.05) is 60.7 Å². The highest BCUT2D eigenvalue weighted by atomic mass is 32.2. The van der Waals surface area contributed by atoms with Crippen LogP contribution in [0, 0.1) is 22.7 Å². The average Bonchev–Trinajstić information content (AvgIpc) is 3.38. The molecule has 1 unspecified atom stereocenters. The first-order valence-corrected chi connectivity index (χ1v) is 24.1. The van der Waals surface area contributed by atoms with Crippen molar-refractivity contribution in [3.05, 3.63) is 203 Å². The number of hydrogen-bond donors (Lipinski definition) is 4. The molecule has 0 radical (unpaired) electrons. The Hall–Kier alpha value is -7.32. The van der Waals surface area contributed by atoms with E-state index in [1.165, 1.54) is 66.3 Å². The quantitative estimate of drug-likeness (QED) is 0.0759. The number of anilines is 4. The summed E-state index contributed by atoms with van der Waals surface area (Å²) in [6.07, 6.45) is 6.18. The Morgan fingerprint density at radius 3 is 1.21 bits per heavy atom. The van der Waals surface area contributed by atoms with Crippen LogP contribution in [0.4, 0.5) is 22.7 Å². The van der Waals surface area contributed by atoms with Gasteiger partial charge in [-0.15, -0.1) is 0 Å². The standard InChI is InChI=1S/2C24H23N3S.C8H6O4/c2*25-17-18-13-14-24-22(16-18)27(21-11-4-5-12-23(21)28-24)15-7-6-10-20(26)19-8-2-1-3-9-19;9-7(10)5-3-1-2-4-6(5)8(11)12/h2*1-5,8-9,11-14,16,20H,6-7,10,15,26H2;1-4H,(H,9,10)(H,11,12)/t20-;;/m1../s1. The minimum atomic E-state index is -1.23. The van der Waals surface area contributed by atoms with Gasteiger partial charge in [0.2, 0.25) is 0 Å². The number of nitriles is 2. The molecule has 6 N–H and O–H groups in total. The Labute approximate surface area is 406 Å². The third-order valence-electron chi connectivity index (χ3n) is 11.6. The minimum Gasteiger partial charge on any atom is -0.478 e. The van der Waals surface area contributed by atoms with Crippen molar-refractivity contribution in [3.63, 3.8) is 0 Å². The maximum atomic E-state index is 10.5. The van der Waals surface area contributed by atoms with Crippen molar-refractivity contribution in [2.75, 3.05) is 22.9 Å². The molecule has 0 saturated carbocycles. The monoisotopic (exact) mass is 936 g/mol. The highest BCUT2D eigenvalue weighted by Crippen LogP contribution is 2.49. The number of rotatable bonds is 14. The van der Waals surface area contributed by atoms with Crippen molar-refractivity contribution in [2.45, 2.75) is 70.2 Å². The molecule has 2 atom stereocenters. The fourth-order valence-electron chi connectivity index (χ4n) is 8.14. The molecule has 0 spiro atoms. The molecule has 68 heavy (non-hydrogen) atoms. The Bertz CT molecular complexity index is 2720. The van der Waals surface area contributed by atoms with Gasteiger partial charge in [-0.05, 0) is 122 Å². The van der Waals surface area contributed by atoms with E-state index in [4.69, 9.17) is 21.7 Å². The Balaban J connectivity index is 0.000000163. The molecule has 7 aromatic rings. The second-order valence-corrected chi connectivity index (χ2v) is 18.4. The zero-order valence-electron chi connectivity index (χ0n) is 37.4. The molecule has 2 aliphatic heterocycles. The van der Waals surface area contributed by atoms with Gasteiger partial charge in [-0.3, -0.25) is 0 Å². The number of carbonyl (C=O) groups is 2. The van der Waals surface area contributed by atoms with Crippen LogP contribution in [0.1, 0.15) is 93.6 Å². The summed E-state index contributed by atoms with van der Waals surface area (Å²) in [5.74, 6) is -2.46. The van der Waals surface area contributed by atoms with Gasteiger partial charge in [-0.2, -0.15) is 10.5 Å². The van der Waals surface area contributed by atoms with Crippen LogP contribution < -0.4 is 21.3 Å². The molecule has 342 valence electrons. The van der Waals surface area contributed by atoms with Crippen molar-refractivity contribution in [1.29, 1.82) is 10.5 Å². The fraction of sp³-hybridized carbons (Fsp3) is 0.179. The van der Waals surface area contributed by atoms with E-state index >= 15 is 0 Å². The number of fused-ring (bicyclic) bond motifs is 4. The van der Waals surface area contributed by atoms with Crippen molar-refractivity contribution < 1.29 is 19.8 Å². The molecule has 0 fully saturated rings. The van der Waals surface area contributed by atoms with Crippen LogP contribution in [-0.4, -0.2) is 35.2 Å². The predicted octanol–water partition coefficient (Wildman–Crippen LogP) is 13.1. The highest BCUT2D eigenvalue weighted by Gasteiger charge is 2.25. The molecule has 0 saturated heterocycles. The summed E-state index contributed by atoms with van der Waals surface area (Å²) in [6, 6.07) is 59.7. The molecule has 9 rings (SSSR count). The van der Waals surface area contributed by atoms with Gasteiger partial charge >= 0.3 is 11.9 Å². The second-order valence-electron chi connectivity index (χ2n) is 16.2. The van der Waals surface area contributed by atoms with E-state index in [1.54, 1.807) is 23.5 Å². The van der Waals surface area contributed by atoms with E-state index < -0.39 is 11.9 Å². The van der Waals surface area contributed by atoms with Crippen LogP contribution in [-0.2, 0) is 0 Å². The summed E-state index contributed by atoms with van der Waals surface area (Å²) in [4.78, 5) is 30.6. The molecule has 7 aromatic carbocycles. The number of hydrogen-bond acceptors (Lipinski definition) is 10. The van der Waals surface area contributed by atoms with E-state index in [0.717, 1.165) is 63.0 Å². The maximum absolute atomic E-state index is 10.5. The zero-order chi connectivity index (χ0) is 47.8.